The molecule has 2 rings (SSSR count). The maximum atomic E-state index is 11.3. The Hall–Kier alpha value is -0.650. The summed E-state index contributed by atoms with van der Waals surface area (Å²) in [4.78, 5) is 16.5. The van der Waals surface area contributed by atoms with E-state index in [-0.39, 0.29) is 11.9 Å². The molecular formula is C15H30N4O. The van der Waals surface area contributed by atoms with Gasteiger partial charge in [0.05, 0.1) is 6.04 Å². The first-order chi connectivity index (χ1) is 9.70. The zero-order chi connectivity index (χ0) is 14.4. The van der Waals surface area contributed by atoms with Crippen molar-refractivity contribution in [3.63, 3.8) is 0 Å². The van der Waals surface area contributed by atoms with Crippen LogP contribution in [-0.4, -0.2) is 67.1 Å². The van der Waals surface area contributed by atoms with Crippen LogP contribution in [0.4, 0.5) is 0 Å². The molecule has 2 aliphatic rings. The first-order valence-corrected chi connectivity index (χ1v) is 8.19. The third-order valence-electron chi connectivity index (χ3n) is 4.78. The van der Waals surface area contributed by atoms with Crippen LogP contribution in [0.1, 0.15) is 39.0 Å². The molecule has 5 heteroatoms. The van der Waals surface area contributed by atoms with Gasteiger partial charge < -0.3 is 16.0 Å². The van der Waals surface area contributed by atoms with Gasteiger partial charge in [0.2, 0.25) is 5.91 Å². The summed E-state index contributed by atoms with van der Waals surface area (Å²) in [6, 6.07) is 0.671. The number of hydrogen-bond donors (Lipinski definition) is 2. The average Bonchev–Trinajstić information content (AvgIpc) is 2.98. The predicted octanol–water partition coefficient (Wildman–Crippen LogP) is 0.400. The van der Waals surface area contributed by atoms with Crippen molar-refractivity contribution in [2.75, 3.05) is 39.3 Å². The Morgan fingerprint density at radius 1 is 1.25 bits per heavy atom. The maximum Gasteiger partial charge on any atom is 0.234 e. The fourth-order valence-electron chi connectivity index (χ4n) is 3.52. The highest BCUT2D eigenvalue weighted by molar-refractivity contribution is 5.79. The molecule has 2 fully saturated rings. The average molecular weight is 282 g/mol. The Bertz CT molecular complexity index is 296. The van der Waals surface area contributed by atoms with Crippen LogP contribution in [0.15, 0.2) is 0 Å². The van der Waals surface area contributed by atoms with E-state index in [9.17, 15) is 4.79 Å². The predicted molar refractivity (Wildman–Crippen MR) is 81.5 cm³/mol. The van der Waals surface area contributed by atoms with E-state index < -0.39 is 0 Å². The lowest BCUT2D eigenvalue weighted by Crippen LogP contribution is -2.51. The lowest BCUT2D eigenvalue weighted by Gasteiger charge is -2.38. The number of nitrogens with one attached hydrogen (secondary N) is 1. The molecule has 0 aromatic heterocycles. The normalized spacial score (nSPS) is 24.1. The monoisotopic (exact) mass is 282 g/mol. The Balaban J connectivity index is 1.67. The molecule has 0 aromatic carbocycles. The Kier molecular flexibility index (Phi) is 6.26. The van der Waals surface area contributed by atoms with Gasteiger partial charge in [0.1, 0.15) is 0 Å². The Labute approximate surface area is 122 Å². The van der Waals surface area contributed by atoms with Gasteiger partial charge in [-0.15, -0.1) is 0 Å². The number of likely N-dealkylation sites (N-methyl/N-ethyl adjacent to an activating group) is 1. The van der Waals surface area contributed by atoms with Gasteiger partial charge in [-0.05, 0) is 25.8 Å². The molecule has 116 valence electrons. The highest BCUT2D eigenvalue weighted by atomic mass is 16.1. The molecule has 1 saturated heterocycles. The first-order valence-electron chi connectivity index (χ1n) is 8.19. The van der Waals surface area contributed by atoms with E-state index in [1.54, 1.807) is 0 Å². The fraction of sp³-hybridized carbons (Fsp3) is 0.933. The SMILES string of the molecule is CCNC(CCN1CCN(C2CCCC2)CC1)C(N)=O. The number of carbonyl (C=O) groups excluding carboxylic acids is 1. The molecule has 0 radical (unpaired) electrons. The minimum Gasteiger partial charge on any atom is -0.368 e. The Morgan fingerprint density at radius 2 is 1.90 bits per heavy atom. The van der Waals surface area contributed by atoms with Gasteiger partial charge in [0, 0.05) is 38.8 Å². The molecule has 1 atom stereocenters. The van der Waals surface area contributed by atoms with Gasteiger partial charge in [-0.25, -0.2) is 0 Å². The molecule has 1 amide bonds. The summed E-state index contributed by atoms with van der Waals surface area (Å²) in [7, 11) is 0. The standard InChI is InChI=1S/C15H30N4O/c1-2-17-14(15(16)20)7-8-18-9-11-19(12-10-18)13-5-3-4-6-13/h13-14,17H,2-12H2,1H3,(H2,16,20). The van der Waals surface area contributed by atoms with Gasteiger partial charge >= 0.3 is 0 Å². The van der Waals surface area contributed by atoms with Crippen LogP contribution < -0.4 is 11.1 Å². The van der Waals surface area contributed by atoms with Crippen LogP contribution in [0.2, 0.25) is 0 Å². The number of hydrogen-bond acceptors (Lipinski definition) is 4. The van der Waals surface area contributed by atoms with Crippen molar-refractivity contribution in [3.8, 4) is 0 Å². The number of amides is 1. The van der Waals surface area contributed by atoms with Crippen LogP contribution >= 0.6 is 0 Å². The summed E-state index contributed by atoms with van der Waals surface area (Å²) in [5.74, 6) is -0.226. The first kappa shape index (κ1) is 15.7. The fourth-order valence-corrected chi connectivity index (χ4v) is 3.52. The minimum atomic E-state index is -0.226. The van der Waals surface area contributed by atoms with Crippen LogP contribution in [0.25, 0.3) is 0 Å². The third kappa shape index (κ3) is 4.43. The second-order valence-corrected chi connectivity index (χ2v) is 6.12. The van der Waals surface area contributed by atoms with Crippen molar-refractivity contribution in [2.45, 2.75) is 51.1 Å². The van der Waals surface area contributed by atoms with E-state index in [1.807, 2.05) is 6.92 Å². The van der Waals surface area contributed by atoms with E-state index in [1.165, 1.54) is 38.8 Å². The third-order valence-corrected chi connectivity index (χ3v) is 4.78. The number of piperazine rings is 1. The molecule has 1 aliphatic carbocycles. The summed E-state index contributed by atoms with van der Waals surface area (Å²) >= 11 is 0. The number of nitrogens with two attached hydrogens (primary N) is 1. The molecule has 1 heterocycles. The molecule has 3 N–H and O–H groups in total. The highest BCUT2D eigenvalue weighted by Gasteiger charge is 2.26. The number of primary amides is 1. The molecule has 0 spiro atoms. The van der Waals surface area contributed by atoms with E-state index >= 15 is 0 Å². The van der Waals surface area contributed by atoms with Gasteiger partial charge in [-0.1, -0.05) is 19.8 Å². The second kappa shape index (κ2) is 7.96. The van der Waals surface area contributed by atoms with Crippen LogP contribution in [0.3, 0.4) is 0 Å². The van der Waals surface area contributed by atoms with E-state index in [0.29, 0.717) is 0 Å². The zero-order valence-electron chi connectivity index (χ0n) is 12.8. The van der Waals surface area contributed by atoms with Crippen molar-refractivity contribution in [1.82, 2.24) is 15.1 Å². The van der Waals surface area contributed by atoms with Gasteiger partial charge in [0.15, 0.2) is 0 Å². The van der Waals surface area contributed by atoms with Crippen molar-refractivity contribution in [1.29, 1.82) is 0 Å². The molecule has 20 heavy (non-hydrogen) atoms. The summed E-state index contributed by atoms with van der Waals surface area (Å²) < 4.78 is 0. The maximum absolute atomic E-state index is 11.3. The number of rotatable bonds is 7. The largest absolute Gasteiger partial charge is 0.368 e. The van der Waals surface area contributed by atoms with Crippen LogP contribution in [0, 0.1) is 0 Å². The summed E-state index contributed by atoms with van der Waals surface area (Å²) in [5.41, 5.74) is 5.41. The number of carbonyl (C=O) groups is 1. The quantitative estimate of drug-likeness (QED) is 0.709. The lowest BCUT2D eigenvalue weighted by molar-refractivity contribution is -0.120. The zero-order valence-corrected chi connectivity index (χ0v) is 12.8. The summed E-state index contributed by atoms with van der Waals surface area (Å²) in [6.45, 7) is 8.42. The number of nitrogens with zero attached hydrogens (tertiary/aromatic N) is 2. The van der Waals surface area contributed by atoms with Crippen molar-refractivity contribution in [2.24, 2.45) is 5.73 Å². The van der Waals surface area contributed by atoms with Crippen molar-refractivity contribution in [3.05, 3.63) is 0 Å². The van der Waals surface area contributed by atoms with Crippen molar-refractivity contribution >= 4 is 5.91 Å². The highest BCUT2D eigenvalue weighted by Crippen LogP contribution is 2.24. The van der Waals surface area contributed by atoms with Gasteiger partial charge in [0.25, 0.3) is 0 Å². The molecule has 5 nitrogen and oxygen atoms in total. The topological polar surface area (TPSA) is 61.6 Å². The van der Waals surface area contributed by atoms with Crippen LogP contribution in [-0.2, 0) is 4.79 Å². The van der Waals surface area contributed by atoms with Gasteiger partial charge in [-0.2, -0.15) is 0 Å². The van der Waals surface area contributed by atoms with E-state index in [0.717, 1.165) is 38.6 Å². The summed E-state index contributed by atoms with van der Waals surface area (Å²) in [6.07, 6.45) is 6.43. The molecule has 0 aromatic rings. The van der Waals surface area contributed by atoms with Crippen molar-refractivity contribution < 1.29 is 4.79 Å². The molecular weight excluding hydrogens is 252 g/mol. The molecule has 0 bridgehead atoms. The lowest BCUT2D eigenvalue weighted by atomic mass is 10.1. The smallest absolute Gasteiger partial charge is 0.234 e. The van der Waals surface area contributed by atoms with Gasteiger partial charge in [-0.3, -0.25) is 9.69 Å². The molecule has 1 aliphatic heterocycles. The minimum absolute atomic E-state index is 0.173. The Morgan fingerprint density at radius 3 is 2.45 bits per heavy atom. The van der Waals surface area contributed by atoms with E-state index in [2.05, 4.69) is 15.1 Å². The molecule has 1 unspecified atom stereocenters. The van der Waals surface area contributed by atoms with Crippen LogP contribution in [0.5, 0.6) is 0 Å². The second-order valence-electron chi connectivity index (χ2n) is 6.12. The summed E-state index contributed by atoms with van der Waals surface area (Å²) in [5, 5.41) is 3.16. The molecule has 1 saturated carbocycles. The van der Waals surface area contributed by atoms with E-state index in [4.69, 9.17) is 5.73 Å².